The van der Waals surface area contributed by atoms with Crippen LogP contribution in [-0.4, -0.2) is 59.6 Å². The van der Waals surface area contributed by atoms with Crippen LogP contribution < -0.4 is 10.4 Å². The molecule has 0 saturated heterocycles. The van der Waals surface area contributed by atoms with Crippen LogP contribution in [0.5, 0.6) is 0 Å². The molecule has 172 valence electrons. The summed E-state index contributed by atoms with van der Waals surface area (Å²) in [6, 6.07) is 3.39. The van der Waals surface area contributed by atoms with Gasteiger partial charge in [-0.15, -0.1) is 0 Å². The number of hydrogen-bond acceptors (Lipinski definition) is 6. The number of nitrogens with zero attached hydrogens (tertiary/aromatic N) is 2. The summed E-state index contributed by atoms with van der Waals surface area (Å²) < 4.78 is 12.0. The van der Waals surface area contributed by atoms with Crippen molar-refractivity contribution < 1.29 is 14.3 Å². The van der Waals surface area contributed by atoms with Gasteiger partial charge in [-0.05, 0) is 86.8 Å². The Kier molecular flexibility index (Phi) is 5.01. The minimum Gasteiger partial charge on any atom is -0.456 e. The predicted molar refractivity (Wildman–Crippen MR) is 140 cm³/mol. The van der Waals surface area contributed by atoms with Crippen molar-refractivity contribution in [3.8, 4) is 0 Å². The van der Waals surface area contributed by atoms with E-state index >= 15 is 0 Å². The number of aromatic nitrogens is 1. The van der Waals surface area contributed by atoms with Crippen LogP contribution in [0.1, 0.15) is 56.8 Å². The molecular weight excluding hydrogens is 433 g/mol. The first kappa shape index (κ1) is 23.4. The second kappa shape index (κ2) is 7.08. The van der Waals surface area contributed by atoms with Gasteiger partial charge in [-0.3, -0.25) is 5.01 Å². The van der Waals surface area contributed by atoms with E-state index in [1.165, 1.54) is 25.7 Å². The topological polar surface area (TPSA) is 63.7 Å². The summed E-state index contributed by atoms with van der Waals surface area (Å²) >= 11 is 6.32. The molecule has 3 fully saturated rings. The lowest BCUT2D eigenvalue weighted by atomic mass is 9.33. The summed E-state index contributed by atoms with van der Waals surface area (Å²) in [4.78, 5) is 16.8. The van der Waals surface area contributed by atoms with E-state index in [9.17, 15) is 4.79 Å². The van der Waals surface area contributed by atoms with Crippen LogP contribution in [0.2, 0.25) is 10.4 Å². The van der Waals surface area contributed by atoms with Gasteiger partial charge in [0.25, 0.3) is 0 Å². The smallest absolute Gasteiger partial charge is 0.341 e. The van der Waals surface area contributed by atoms with Crippen molar-refractivity contribution in [2.45, 2.75) is 68.9 Å². The van der Waals surface area contributed by atoms with E-state index in [0.717, 1.165) is 5.92 Å². The average Bonchev–Trinajstić information content (AvgIpc) is 3.63. The van der Waals surface area contributed by atoms with Gasteiger partial charge in [-0.2, -0.15) is 5.43 Å². The molecular formula is C22H32B4ClN3O3. The number of halogens is 1. The molecule has 1 unspecified atom stereocenters. The normalized spacial score (nSPS) is 25.0. The number of nitrogens with one attached hydrogen (secondary N) is 1. The molecule has 0 bridgehead atoms. The number of hydrazine groups is 1. The fourth-order valence-electron chi connectivity index (χ4n) is 6.42. The first-order valence-corrected chi connectivity index (χ1v) is 12.4. The van der Waals surface area contributed by atoms with Gasteiger partial charge in [0.1, 0.15) is 54.2 Å². The Morgan fingerprint density at radius 1 is 1.15 bits per heavy atom. The van der Waals surface area contributed by atoms with Crippen molar-refractivity contribution in [1.29, 1.82) is 0 Å². The zero-order valence-corrected chi connectivity index (χ0v) is 21.5. The van der Waals surface area contributed by atoms with Gasteiger partial charge in [-0.1, -0.05) is 16.8 Å². The summed E-state index contributed by atoms with van der Waals surface area (Å²) in [5.41, 5.74) is 4.25. The van der Waals surface area contributed by atoms with Crippen molar-refractivity contribution in [3.63, 3.8) is 0 Å². The number of pyridine rings is 1. The third-order valence-corrected chi connectivity index (χ3v) is 8.95. The SMILES string of the molecule is BC(B)(OC1C=CN(c2ccc(C(=O)OC(C)(C)C)c(Cl)n2)N1)C(B)(B)C1C2(CC2)C12CC2. The molecule has 0 aromatic carbocycles. The van der Waals surface area contributed by atoms with E-state index in [2.05, 4.69) is 41.8 Å². The lowest BCUT2D eigenvalue weighted by Crippen LogP contribution is -2.54. The fourth-order valence-corrected chi connectivity index (χ4v) is 6.65. The van der Waals surface area contributed by atoms with Gasteiger partial charge in [0.05, 0.1) is 5.56 Å². The quantitative estimate of drug-likeness (QED) is 0.372. The first-order chi connectivity index (χ1) is 15.2. The number of fused-ring (bicyclic) bond motifs is 1. The predicted octanol–water partition coefficient (Wildman–Crippen LogP) is 0.364. The monoisotopic (exact) mass is 465 g/mol. The maximum Gasteiger partial charge on any atom is 0.341 e. The van der Waals surface area contributed by atoms with Crippen LogP contribution in [0.3, 0.4) is 0 Å². The Bertz CT molecular complexity index is 1020. The van der Waals surface area contributed by atoms with E-state index < -0.39 is 11.6 Å². The molecule has 4 aliphatic rings. The number of carbonyl (C=O) groups excluding carboxylic acids is 1. The molecule has 1 aromatic heterocycles. The van der Waals surface area contributed by atoms with Gasteiger partial charge < -0.3 is 9.47 Å². The highest BCUT2D eigenvalue weighted by Crippen LogP contribution is 2.96. The number of ether oxygens (including phenoxy) is 2. The minimum absolute atomic E-state index is 0.0829. The summed E-state index contributed by atoms with van der Waals surface area (Å²) in [6.45, 7) is 5.46. The highest BCUT2D eigenvalue weighted by atomic mass is 35.5. The standard InChI is InChI=1S/C22H32B4ClN3O3/c1-18(2,3)33-16(31)12-4-5-13(28-15(12)27)30-11-6-14(29-30)32-22(25,26)21(23,24)17-19(7-8-19)20(17)9-10-20/h4-6,11,14,17,29H,7-10,23-26H2,1-3H3. The highest BCUT2D eigenvalue weighted by molar-refractivity contribution is 6.54. The van der Waals surface area contributed by atoms with Crippen LogP contribution in [0.15, 0.2) is 24.4 Å². The molecule has 0 radical (unpaired) electrons. The summed E-state index contributed by atoms with van der Waals surface area (Å²) in [6.07, 6.45) is 9.21. The van der Waals surface area contributed by atoms with Gasteiger partial charge >= 0.3 is 5.97 Å². The van der Waals surface area contributed by atoms with Crippen LogP contribution >= 0.6 is 11.6 Å². The van der Waals surface area contributed by atoms with E-state index in [4.69, 9.17) is 21.1 Å². The van der Waals surface area contributed by atoms with Crippen molar-refractivity contribution in [1.82, 2.24) is 10.4 Å². The molecule has 3 saturated carbocycles. The lowest BCUT2D eigenvalue weighted by molar-refractivity contribution is 0.00311. The third kappa shape index (κ3) is 3.68. The van der Waals surface area contributed by atoms with E-state index in [0.29, 0.717) is 16.6 Å². The van der Waals surface area contributed by atoms with Gasteiger partial charge in [0, 0.05) is 6.20 Å². The van der Waals surface area contributed by atoms with E-state index in [-0.39, 0.29) is 27.6 Å². The van der Waals surface area contributed by atoms with Crippen LogP contribution in [0.4, 0.5) is 5.82 Å². The second-order valence-corrected chi connectivity index (χ2v) is 12.7. The molecule has 33 heavy (non-hydrogen) atoms. The van der Waals surface area contributed by atoms with Crippen molar-refractivity contribution in [2.75, 3.05) is 5.01 Å². The molecule has 1 aromatic rings. The second-order valence-electron chi connectivity index (χ2n) is 12.4. The Morgan fingerprint density at radius 3 is 2.27 bits per heavy atom. The number of hydrogen-bond donors (Lipinski definition) is 1. The molecule has 5 rings (SSSR count). The molecule has 3 aliphatic carbocycles. The van der Waals surface area contributed by atoms with Crippen molar-refractivity contribution in [3.05, 3.63) is 35.1 Å². The average molecular weight is 465 g/mol. The van der Waals surface area contributed by atoms with Crippen molar-refractivity contribution >= 4 is 54.8 Å². The lowest BCUT2D eigenvalue weighted by Gasteiger charge is -2.45. The maximum atomic E-state index is 12.4. The first-order valence-electron chi connectivity index (χ1n) is 12.0. The maximum absolute atomic E-state index is 12.4. The summed E-state index contributed by atoms with van der Waals surface area (Å²) in [7, 11) is 9.22. The largest absolute Gasteiger partial charge is 0.456 e. The van der Waals surface area contributed by atoms with Crippen LogP contribution in [-0.2, 0) is 9.47 Å². The molecule has 1 N–H and O–H groups in total. The molecule has 0 amide bonds. The summed E-state index contributed by atoms with van der Waals surface area (Å²) in [5.74, 6) is 0.862. The molecule has 1 atom stereocenters. The third-order valence-electron chi connectivity index (χ3n) is 8.66. The Balaban J connectivity index is 1.23. The number of rotatable bonds is 6. The molecule has 2 spiro atoms. The molecule has 1 aliphatic heterocycles. The summed E-state index contributed by atoms with van der Waals surface area (Å²) in [5, 5.41) is 1.67. The molecule has 6 nitrogen and oxygen atoms in total. The van der Waals surface area contributed by atoms with Crippen LogP contribution in [0.25, 0.3) is 0 Å². The Labute approximate surface area is 205 Å². The number of anilines is 1. The minimum atomic E-state index is -0.595. The fraction of sp³-hybridized carbons (Fsp3) is 0.636. The number of carbonyl (C=O) groups is 1. The van der Waals surface area contributed by atoms with E-state index in [1.54, 1.807) is 17.1 Å². The Hall–Kier alpha value is -1.37. The van der Waals surface area contributed by atoms with Gasteiger partial charge in [0.15, 0.2) is 0 Å². The highest BCUT2D eigenvalue weighted by Gasteiger charge is 2.89. The zero-order valence-electron chi connectivity index (χ0n) is 20.8. The van der Waals surface area contributed by atoms with Gasteiger partial charge in [0.2, 0.25) is 0 Å². The molecule has 2 heterocycles. The zero-order chi connectivity index (χ0) is 24.0. The number of esters is 1. The van der Waals surface area contributed by atoms with Gasteiger partial charge in [-0.25, -0.2) is 9.78 Å². The Morgan fingerprint density at radius 2 is 1.76 bits per heavy atom. The van der Waals surface area contributed by atoms with Crippen molar-refractivity contribution in [2.24, 2.45) is 16.7 Å². The van der Waals surface area contributed by atoms with E-state index in [1.807, 2.05) is 33.0 Å². The van der Waals surface area contributed by atoms with Crippen LogP contribution in [0, 0.1) is 16.7 Å². The molecule has 11 heteroatoms.